The molecular formula is C16H16N8O2S. The van der Waals surface area contributed by atoms with Gasteiger partial charge in [0, 0.05) is 19.3 Å². The topological polar surface area (TPSA) is 117 Å². The largest absolute Gasteiger partial charge is 0.349 e. The summed E-state index contributed by atoms with van der Waals surface area (Å²) in [5, 5.41) is 20.9. The summed E-state index contributed by atoms with van der Waals surface area (Å²) in [5.41, 5.74) is 1.02. The average molecular weight is 384 g/mol. The zero-order valence-corrected chi connectivity index (χ0v) is 15.3. The van der Waals surface area contributed by atoms with Crippen LogP contribution in [-0.4, -0.2) is 47.4 Å². The van der Waals surface area contributed by atoms with E-state index in [2.05, 4.69) is 30.9 Å². The zero-order chi connectivity index (χ0) is 18.6. The van der Waals surface area contributed by atoms with E-state index in [0.717, 1.165) is 4.88 Å². The number of carbonyl (C=O) groups excluding carboxylic acids is 1. The van der Waals surface area contributed by atoms with Gasteiger partial charge in [0.15, 0.2) is 5.69 Å². The summed E-state index contributed by atoms with van der Waals surface area (Å²) in [4.78, 5) is 17.4. The predicted octanol–water partition coefficient (Wildman–Crippen LogP) is 1.70. The van der Waals surface area contributed by atoms with E-state index >= 15 is 0 Å². The zero-order valence-electron chi connectivity index (χ0n) is 14.4. The standard InChI is InChI=1S/C16H16N8O2S/c1-2-24-12(5-6-18-24)15(25)17-7-8-23-10-11(20-22-23)16-19-14(21-26-16)13-4-3-9-27-13/h3-6,9-10H,2,7-8H2,1H3,(H,17,25). The van der Waals surface area contributed by atoms with Crippen LogP contribution in [0.25, 0.3) is 22.3 Å². The molecule has 0 saturated heterocycles. The van der Waals surface area contributed by atoms with E-state index in [9.17, 15) is 4.79 Å². The van der Waals surface area contributed by atoms with Gasteiger partial charge in [0.05, 0.1) is 17.6 Å². The van der Waals surface area contributed by atoms with E-state index in [1.807, 2.05) is 24.4 Å². The van der Waals surface area contributed by atoms with Crippen LogP contribution in [0.5, 0.6) is 0 Å². The number of rotatable bonds is 7. The Hall–Kier alpha value is -3.34. The molecule has 27 heavy (non-hydrogen) atoms. The van der Waals surface area contributed by atoms with Crippen molar-refractivity contribution in [2.45, 2.75) is 20.0 Å². The Bertz CT molecular complexity index is 1030. The van der Waals surface area contributed by atoms with Gasteiger partial charge in [-0.15, -0.1) is 16.4 Å². The minimum Gasteiger partial charge on any atom is -0.349 e. The molecule has 10 nitrogen and oxygen atoms in total. The average Bonchev–Trinajstić information content (AvgIpc) is 3.48. The summed E-state index contributed by atoms with van der Waals surface area (Å²) >= 11 is 1.53. The fraction of sp³-hybridized carbons (Fsp3) is 0.250. The lowest BCUT2D eigenvalue weighted by atomic mass is 10.4. The van der Waals surface area contributed by atoms with Gasteiger partial charge in [-0.1, -0.05) is 16.4 Å². The van der Waals surface area contributed by atoms with Crippen molar-refractivity contribution in [2.24, 2.45) is 0 Å². The van der Waals surface area contributed by atoms with Crippen LogP contribution in [0.3, 0.4) is 0 Å². The van der Waals surface area contributed by atoms with Crippen LogP contribution >= 0.6 is 11.3 Å². The number of aromatic nitrogens is 7. The highest BCUT2D eigenvalue weighted by Crippen LogP contribution is 2.24. The third-order valence-electron chi connectivity index (χ3n) is 3.80. The number of amides is 1. The molecule has 11 heteroatoms. The molecule has 4 aromatic heterocycles. The number of carbonyl (C=O) groups is 1. The smallest absolute Gasteiger partial charge is 0.280 e. The van der Waals surface area contributed by atoms with E-state index in [0.29, 0.717) is 42.7 Å². The summed E-state index contributed by atoms with van der Waals surface area (Å²) in [6, 6.07) is 5.53. The van der Waals surface area contributed by atoms with Crippen LogP contribution in [0, 0.1) is 0 Å². The Balaban J connectivity index is 1.35. The van der Waals surface area contributed by atoms with Crippen molar-refractivity contribution in [1.29, 1.82) is 0 Å². The first-order chi connectivity index (χ1) is 13.2. The Morgan fingerprint density at radius 1 is 1.37 bits per heavy atom. The van der Waals surface area contributed by atoms with Crippen molar-refractivity contribution in [3.8, 4) is 22.3 Å². The van der Waals surface area contributed by atoms with Crippen molar-refractivity contribution in [1.82, 2.24) is 40.2 Å². The highest BCUT2D eigenvalue weighted by molar-refractivity contribution is 7.13. The molecule has 4 heterocycles. The van der Waals surface area contributed by atoms with Gasteiger partial charge in [0.1, 0.15) is 5.69 Å². The van der Waals surface area contributed by atoms with Gasteiger partial charge in [-0.2, -0.15) is 10.1 Å². The molecule has 0 radical (unpaired) electrons. The van der Waals surface area contributed by atoms with Gasteiger partial charge in [-0.3, -0.25) is 9.48 Å². The van der Waals surface area contributed by atoms with E-state index < -0.39 is 0 Å². The van der Waals surface area contributed by atoms with Crippen LogP contribution in [0.1, 0.15) is 17.4 Å². The van der Waals surface area contributed by atoms with Crippen LogP contribution in [0.2, 0.25) is 0 Å². The van der Waals surface area contributed by atoms with Gasteiger partial charge in [-0.25, -0.2) is 4.68 Å². The Kier molecular flexibility index (Phi) is 4.75. The second kappa shape index (κ2) is 7.50. The Labute approximate surface area is 157 Å². The fourth-order valence-corrected chi connectivity index (χ4v) is 3.14. The minimum absolute atomic E-state index is 0.174. The van der Waals surface area contributed by atoms with Gasteiger partial charge in [0.2, 0.25) is 5.82 Å². The van der Waals surface area contributed by atoms with E-state index in [-0.39, 0.29) is 5.91 Å². The molecule has 0 bridgehead atoms. The molecule has 0 aliphatic rings. The fourth-order valence-electron chi connectivity index (χ4n) is 2.49. The molecule has 4 aromatic rings. The number of aryl methyl sites for hydroxylation is 1. The predicted molar refractivity (Wildman–Crippen MR) is 96.9 cm³/mol. The summed E-state index contributed by atoms with van der Waals surface area (Å²) in [7, 11) is 0. The quantitative estimate of drug-likeness (QED) is 0.515. The van der Waals surface area contributed by atoms with Crippen molar-refractivity contribution in [3.05, 3.63) is 41.7 Å². The summed E-state index contributed by atoms with van der Waals surface area (Å²) in [6.07, 6.45) is 3.31. The molecule has 0 fully saturated rings. The molecular weight excluding hydrogens is 368 g/mol. The van der Waals surface area contributed by atoms with Crippen molar-refractivity contribution in [3.63, 3.8) is 0 Å². The van der Waals surface area contributed by atoms with Gasteiger partial charge >= 0.3 is 0 Å². The van der Waals surface area contributed by atoms with E-state index in [4.69, 9.17) is 4.52 Å². The lowest BCUT2D eigenvalue weighted by Crippen LogP contribution is -2.29. The molecule has 0 atom stereocenters. The monoisotopic (exact) mass is 384 g/mol. The maximum absolute atomic E-state index is 12.2. The first-order valence-electron chi connectivity index (χ1n) is 8.32. The van der Waals surface area contributed by atoms with Crippen molar-refractivity contribution in [2.75, 3.05) is 6.54 Å². The van der Waals surface area contributed by atoms with Crippen LogP contribution < -0.4 is 5.32 Å². The molecule has 0 aromatic carbocycles. The molecule has 0 aliphatic heterocycles. The molecule has 0 saturated carbocycles. The summed E-state index contributed by atoms with van der Waals surface area (Å²) in [6.45, 7) is 3.44. The lowest BCUT2D eigenvalue weighted by molar-refractivity contribution is 0.0941. The third kappa shape index (κ3) is 3.62. The van der Waals surface area contributed by atoms with Crippen LogP contribution in [0.15, 0.2) is 40.5 Å². The van der Waals surface area contributed by atoms with Crippen LogP contribution in [-0.2, 0) is 13.1 Å². The normalized spacial score (nSPS) is 11.0. The summed E-state index contributed by atoms with van der Waals surface area (Å²) < 4.78 is 8.51. The molecule has 0 unspecified atom stereocenters. The molecule has 0 spiro atoms. The highest BCUT2D eigenvalue weighted by atomic mass is 32.1. The first-order valence-corrected chi connectivity index (χ1v) is 9.20. The number of nitrogens with one attached hydrogen (secondary N) is 1. The highest BCUT2D eigenvalue weighted by Gasteiger charge is 2.15. The maximum atomic E-state index is 12.2. The lowest BCUT2D eigenvalue weighted by Gasteiger charge is -2.06. The Morgan fingerprint density at radius 3 is 3.11 bits per heavy atom. The second-order valence-electron chi connectivity index (χ2n) is 5.56. The van der Waals surface area contributed by atoms with Crippen LogP contribution in [0.4, 0.5) is 0 Å². The molecule has 4 rings (SSSR count). The number of thiophene rings is 1. The van der Waals surface area contributed by atoms with Crippen molar-refractivity contribution >= 4 is 17.2 Å². The van der Waals surface area contributed by atoms with Gasteiger partial charge in [-0.05, 0) is 24.4 Å². The molecule has 1 amide bonds. The van der Waals surface area contributed by atoms with Gasteiger partial charge in [0.25, 0.3) is 11.8 Å². The molecule has 138 valence electrons. The molecule has 0 aliphatic carbocycles. The SMILES string of the molecule is CCn1nccc1C(=O)NCCn1cc(-c2nc(-c3cccs3)no2)nn1. The van der Waals surface area contributed by atoms with E-state index in [1.165, 1.54) is 11.3 Å². The minimum atomic E-state index is -0.174. The number of hydrogen-bond donors (Lipinski definition) is 1. The first kappa shape index (κ1) is 17.1. The molecule has 1 N–H and O–H groups in total. The van der Waals surface area contributed by atoms with E-state index in [1.54, 1.807) is 27.8 Å². The van der Waals surface area contributed by atoms with Crippen molar-refractivity contribution < 1.29 is 9.32 Å². The van der Waals surface area contributed by atoms with Gasteiger partial charge < -0.3 is 9.84 Å². The number of nitrogens with zero attached hydrogens (tertiary/aromatic N) is 7. The maximum Gasteiger partial charge on any atom is 0.280 e. The summed E-state index contributed by atoms with van der Waals surface area (Å²) in [5.74, 6) is 0.655. The third-order valence-corrected chi connectivity index (χ3v) is 4.67. The number of hydrogen-bond acceptors (Lipinski definition) is 8. The Morgan fingerprint density at radius 2 is 2.30 bits per heavy atom. The second-order valence-corrected chi connectivity index (χ2v) is 6.50.